The molecular weight excluding hydrogens is 675 g/mol. The van der Waals surface area contributed by atoms with Crippen LogP contribution in [0.15, 0.2) is 156 Å². The highest BCUT2D eigenvalue weighted by Gasteiger charge is 2.20. The molecule has 4 nitrogen and oxygen atoms in total. The number of hydrogen-bond acceptors (Lipinski definition) is 5. The molecule has 0 N–H and O–H groups in total. The fourth-order valence-electron chi connectivity index (χ4n) is 8.23. The Morgan fingerprint density at radius 2 is 1.27 bits per heavy atom. The molecule has 0 amide bonds. The average molecular weight is 700 g/mol. The molecule has 0 saturated heterocycles. The van der Waals surface area contributed by atoms with Gasteiger partial charge >= 0.3 is 0 Å². The van der Waals surface area contributed by atoms with Gasteiger partial charge in [-0.25, -0.2) is 9.97 Å². The van der Waals surface area contributed by atoms with Gasteiger partial charge in [-0.3, -0.25) is 0 Å². The van der Waals surface area contributed by atoms with E-state index < -0.39 is 0 Å². The predicted molar refractivity (Wildman–Crippen MR) is 220 cm³/mol. The van der Waals surface area contributed by atoms with Crippen molar-refractivity contribution >= 4 is 107 Å². The van der Waals surface area contributed by atoms with E-state index in [1.807, 2.05) is 23.5 Å². The number of fused-ring (bicyclic) bond motifs is 13. The molecule has 0 radical (unpaired) electrons. The lowest BCUT2D eigenvalue weighted by Crippen LogP contribution is -1.93. The summed E-state index contributed by atoms with van der Waals surface area (Å²) in [4.78, 5) is 9.78. The largest absolute Gasteiger partial charge is 0.455 e. The minimum Gasteiger partial charge on any atom is -0.455 e. The zero-order valence-corrected chi connectivity index (χ0v) is 29.1. The number of thiophene rings is 2. The van der Waals surface area contributed by atoms with Crippen molar-refractivity contribution in [1.29, 1.82) is 0 Å². The van der Waals surface area contributed by atoms with Crippen LogP contribution in [0, 0.1) is 0 Å². The van der Waals surface area contributed by atoms with Gasteiger partial charge in [0.1, 0.15) is 17.5 Å². The van der Waals surface area contributed by atoms with Crippen LogP contribution in [0.1, 0.15) is 0 Å². The van der Waals surface area contributed by atoms with Gasteiger partial charge in [-0.15, -0.1) is 22.7 Å². The van der Waals surface area contributed by atoms with Crippen molar-refractivity contribution in [2.45, 2.75) is 0 Å². The molecule has 5 heterocycles. The predicted octanol–water partition coefficient (Wildman–Crippen LogP) is 13.5. The molecule has 6 heteroatoms. The summed E-state index contributed by atoms with van der Waals surface area (Å²) in [5.74, 6) is 0. The summed E-state index contributed by atoms with van der Waals surface area (Å²) in [5.41, 5.74) is 10.7. The van der Waals surface area contributed by atoms with E-state index in [0.717, 1.165) is 70.9 Å². The minimum atomic E-state index is 0.908. The van der Waals surface area contributed by atoms with E-state index in [1.54, 1.807) is 17.7 Å². The van der Waals surface area contributed by atoms with Crippen LogP contribution in [-0.2, 0) is 0 Å². The SMILES string of the molecule is c1cc(-c2cccc3c2sc2ccccc23)cc(-c2ncnc3c2sc2ccc(-n4c5ccccc5c5c6oc7ccccc7c6ccc54)cc23)c1. The van der Waals surface area contributed by atoms with Gasteiger partial charge < -0.3 is 8.98 Å². The number of nitrogens with zero attached hydrogens (tertiary/aromatic N) is 3. The maximum absolute atomic E-state index is 6.54. The third kappa shape index (κ3) is 3.90. The van der Waals surface area contributed by atoms with Gasteiger partial charge in [0.2, 0.25) is 0 Å². The molecule has 0 saturated carbocycles. The van der Waals surface area contributed by atoms with Gasteiger partial charge in [0.05, 0.1) is 32.3 Å². The first-order valence-corrected chi connectivity index (χ1v) is 18.9. The summed E-state index contributed by atoms with van der Waals surface area (Å²) in [6, 6.07) is 52.3. The first kappa shape index (κ1) is 28.4. The molecular formula is C46H25N3OS2. The topological polar surface area (TPSA) is 43.9 Å². The molecule has 0 aliphatic carbocycles. The van der Waals surface area contributed by atoms with Crippen molar-refractivity contribution in [1.82, 2.24) is 14.5 Å². The molecule has 242 valence electrons. The molecule has 0 fully saturated rings. The van der Waals surface area contributed by atoms with Crippen LogP contribution >= 0.6 is 22.7 Å². The van der Waals surface area contributed by atoms with Crippen LogP contribution in [-0.4, -0.2) is 14.5 Å². The molecule has 0 aliphatic heterocycles. The smallest absolute Gasteiger partial charge is 0.145 e. The number of hydrogen-bond donors (Lipinski definition) is 0. The summed E-state index contributed by atoms with van der Waals surface area (Å²) >= 11 is 3.62. The lowest BCUT2D eigenvalue weighted by molar-refractivity contribution is 0.673. The third-order valence-corrected chi connectivity index (χ3v) is 12.9. The molecule has 0 spiro atoms. The maximum Gasteiger partial charge on any atom is 0.145 e. The summed E-state index contributed by atoms with van der Waals surface area (Å²) in [7, 11) is 0. The first-order chi connectivity index (χ1) is 25.8. The standard InChI is InChI=1S/C46H25N3OS2/c1-4-16-36-34(13-1)41-37(21-20-32-30-11-2-5-17-38(30)50-44(32)41)49(36)28-19-22-40-35(24-28)43-46(52-40)42(47-25-48-43)27-10-7-9-26(23-27)29-14-8-15-33-31-12-3-6-18-39(31)51-45(29)33/h1-25H. The lowest BCUT2D eigenvalue weighted by atomic mass is 9.99. The molecule has 0 aliphatic rings. The van der Waals surface area contributed by atoms with Crippen molar-refractivity contribution in [3.63, 3.8) is 0 Å². The Balaban J connectivity index is 1.03. The van der Waals surface area contributed by atoms with E-state index in [2.05, 4.69) is 138 Å². The van der Waals surface area contributed by atoms with Crippen molar-refractivity contribution < 1.29 is 4.42 Å². The van der Waals surface area contributed by atoms with Crippen molar-refractivity contribution in [2.24, 2.45) is 0 Å². The highest BCUT2D eigenvalue weighted by molar-refractivity contribution is 7.26. The fraction of sp³-hybridized carbons (Fsp3) is 0. The molecule has 0 unspecified atom stereocenters. The van der Waals surface area contributed by atoms with Gasteiger partial charge in [0, 0.05) is 57.7 Å². The Kier molecular flexibility index (Phi) is 5.78. The molecule has 0 bridgehead atoms. The number of furan rings is 1. The van der Waals surface area contributed by atoms with E-state index in [9.17, 15) is 0 Å². The summed E-state index contributed by atoms with van der Waals surface area (Å²) in [5, 5.41) is 8.33. The van der Waals surface area contributed by atoms with Gasteiger partial charge in [-0.2, -0.15) is 0 Å². The molecule has 0 atom stereocenters. The second-order valence-corrected chi connectivity index (χ2v) is 15.4. The van der Waals surface area contributed by atoms with E-state index in [-0.39, 0.29) is 0 Å². The van der Waals surface area contributed by atoms with Crippen LogP contribution in [0.5, 0.6) is 0 Å². The second kappa shape index (κ2) is 10.6. The maximum atomic E-state index is 6.54. The Hall–Kier alpha value is -6.34. The van der Waals surface area contributed by atoms with Crippen LogP contribution in [0.25, 0.3) is 112 Å². The highest BCUT2D eigenvalue weighted by atomic mass is 32.1. The van der Waals surface area contributed by atoms with Crippen LogP contribution in [0.2, 0.25) is 0 Å². The highest BCUT2D eigenvalue weighted by Crippen LogP contribution is 2.44. The summed E-state index contributed by atoms with van der Waals surface area (Å²) in [6.07, 6.45) is 1.72. The van der Waals surface area contributed by atoms with Crippen LogP contribution in [0.4, 0.5) is 0 Å². The van der Waals surface area contributed by atoms with Crippen molar-refractivity contribution in [2.75, 3.05) is 0 Å². The molecule has 12 aromatic rings. The summed E-state index contributed by atoms with van der Waals surface area (Å²) in [6.45, 7) is 0. The Morgan fingerprint density at radius 3 is 2.23 bits per heavy atom. The minimum absolute atomic E-state index is 0.908. The van der Waals surface area contributed by atoms with E-state index in [4.69, 9.17) is 14.4 Å². The Bertz CT molecular complexity index is 3440. The first-order valence-electron chi connectivity index (χ1n) is 17.3. The molecule has 5 aromatic heterocycles. The van der Waals surface area contributed by atoms with Gasteiger partial charge in [-0.1, -0.05) is 91.0 Å². The number of benzene rings is 7. The monoisotopic (exact) mass is 699 g/mol. The second-order valence-electron chi connectivity index (χ2n) is 13.3. The number of rotatable bonds is 3. The molecule has 7 aromatic carbocycles. The van der Waals surface area contributed by atoms with E-state index in [1.165, 1.54) is 41.4 Å². The zero-order valence-electron chi connectivity index (χ0n) is 27.5. The third-order valence-electron chi connectivity index (χ3n) is 10.5. The summed E-state index contributed by atoms with van der Waals surface area (Å²) < 4.78 is 13.8. The number of para-hydroxylation sites is 2. The Morgan fingerprint density at radius 1 is 0.500 bits per heavy atom. The van der Waals surface area contributed by atoms with E-state index in [0.29, 0.717) is 0 Å². The number of aromatic nitrogens is 3. The van der Waals surface area contributed by atoms with Crippen molar-refractivity contribution in [3.8, 4) is 28.1 Å². The van der Waals surface area contributed by atoms with E-state index >= 15 is 0 Å². The van der Waals surface area contributed by atoms with Gasteiger partial charge in [0.25, 0.3) is 0 Å². The molecule has 12 rings (SSSR count). The Labute approximate surface area is 304 Å². The quantitative estimate of drug-likeness (QED) is 0.184. The lowest BCUT2D eigenvalue weighted by Gasteiger charge is -2.08. The van der Waals surface area contributed by atoms with Crippen LogP contribution in [0.3, 0.4) is 0 Å². The van der Waals surface area contributed by atoms with Gasteiger partial charge in [0.15, 0.2) is 0 Å². The normalized spacial score (nSPS) is 12.2. The van der Waals surface area contributed by atoms with Gasteiger partial charge in [-0.05, 0) is 65.7 Å². The van der Waals surface area contributed by atoms with Crippen molar-refractivity contribution in [3.05, 3.63) is 152 Å². The molecule has 52 heavy (non-hydrogen) atoms. The zero-order chi connectivity index (χ0) is 33.9. The average Bonchev–Trinajstić information content (AvgIpc) is 3.96. The fourth-order valence-corrected chi connectivity index (χ4v) is 10.6. The van der Waals surface area contributed by atoms with Crippen LogP contribution < -0.4 is 0 Å².